The molecule has 0 aromatic rings. The summed E-state index contributed by atoms with van der Waals surface area (Å²) in [5.74, 6) is 0. The van der Waals surface area contributed by atoms with Crippen molar-refractivity contribution in [3.63, 3.8) is 0 Å². The van der Waals surface area contributed by atoms with Crippen LogP contribution in [0, 0.1) is 6.08 Å². The van der Waals surface area contributed by atoms with Crippen LogP contribution in [0.1, 0.15) is 38.5 Å². The van der Waals surface area contributed by atoms with Crippen molar-refractivity contribution in [2.24, 2.45) is 0 Å². The molecule has 0 bridgehead atoms. The summed E-state index contributed by atoms with van der Waals surface area (Å²) in [6, 6.07) is 0. The molecule has 1 rings (SSSR count). The molecule has 1 aliphatic rings. The van der Waals surface area contributed by atoms with Gasteiger partial charge in [-0.3, -0.25) is 0 Å². The average Bonchev–Trinajstić information content (AvgIpc) is 2.05. The molecule has 0 atom stereocenters. The summed E-state index contributed by atoms with van der Waals surface area (Å²) in [6.07, 6.45) is 21.5. The van der Waals surface area contributed by atoms with Crippen LogP contribution < -0.4 is 0 Å². The third-order valence-electron chi connectivity index (χ3n) is 1.96. The number of hydrogen-bond acceptors (Lipinski definition) is 0. The third kappa shape index (κ3) is 4.95. The van der Waals surface area contributed by atoms with E-state index in [1.54, 1.807) is 0 Å². The lowest BCUT2D eigenvalue weighted by Gasteiger charge is -1.93. The second-order valence-electron chi connectivity index (χ2n) is 3.08. The van der Waals surface area contributed by atoms with Gasteiger partial charge in [-0.25, -0.2) is 0 Å². The second-order valence-corrected chi connectivity index (χ2v) is 3.08. The minimum atomic E-state index is 0.980. The zero-order valence-corrected chi connectivity index (χ0v) is 7.63. The summed E-state index contributed by atoms with van der Waals surface area (Å²) in [4.78, 5) is 0. The monoisotopic (exact) mass is 161 g/mol. The number of allylic oxidation sites excluding steroid dienone is 6. The summed E-state index contributed by atoms with van der Waals surface area (Å²) in [5.41, 5.74) is 0. The van der Waals surface area contributed by atoms with Gasteiger partial charge in [0.2, 0.25) is 0 Å². The predicted octanol–water partition coefficient (Wildman–Crippen LogP) is 3.81. The highest BCUT2D eigenvalue weighted by molar-refractivity contribution is 4.94. The van der Waals surface area contributed by atoms with Gasteiger partial charge in [0.1, 0.15) is 0 Å². The Hall–Kier alpha value is -0.780. The minimum Gasteiger partial charge on any atom is -0.0882 e. The van der Waals surface area contributed by atoms with Crippen LogP contribution in [0.5, 0.6) is 0 Å². The van der Waals surface area contributed by atoms with E-state index >= 15 is 0 Å². The van der Waals surface area contributed by atoms with Crippen molar-refractivity contribution in [2.75, 3.05) is 0 Å². The van der Waals surface area contributed by atoms with Gasteiger partial charge in [0.25, 0.3) is 0 Å². The van der Waals surface area contributed by atoms with Crippen LogP contribution in [0.2, 0.25) is 0 Å². The molecule has 1 aliphatic carbocycles. The molecule has 0 fully saturated rings. The highest BCUT2D eigenvalue weighted by Gasteiger charge is 1.84. The summed E-state index contributed by atoms with van der Waals surface area (Å²) < 4.78 is 0. The molecule has 0 nitrogen and oxygen atoms in total. The zero-order valence-electron chi connectivity index (χ0n) is 7.63. The van der Waals surface area contributed by atoms with Gasteiger partial charge in [0, 0.05) is 0 Å². The third-order valence-corrected chi connectivity index (χ3v) is 1.96. The van der Waals surface area contributed by atoms with E-state index in [-0.39, 0.29) is 0 Å². The molecule has 0 heteroatoms. The lowest BCUT2D eigenvalue weighted by Crippen LogP contribution is -1.74. The van der Waals surface area contributed by atoms with Gasteiger partial charge in [0.05, 0.1) is 0 Å². The van der Waals surface area contributed by atoms with E-state index in [1.807, 2.05) is 0 Å². The Morgan fingerprint density at radius 3 is 2.42 bits per heavy atom. The molecule has 0 aromatic carbocycles. The molecule has 65 valence electrons. The van der Waals surface area contributed by atoms with Gasteiger partial charge in [-0.1, -0.05) is 30.4 Å². The van der Waals surface area contributed by atoms with Crippen molar-refractivity contribution in [1.29, 1.82) is 0 Å². The van der Waals surface area contributed by atoms with Crippen LogP contribution in [-0.2, 0) is 0 Å². The molecule has 12 heavy (non-hydrogen) atoms. The van der Waals surface area contributed by atoms with E-state index in [4.69, 9.17) is 0 Å². The van der Waals surface area contributed by atoms with Crippen molar-refractivity contribution in [3.05, 3.63) is 36.5 Å². The van der Waals surface area contributed by atoms with E-state index in [0.29, 0.717) is 0 Å². The van der Waals surface area contributed by atoms with Crippen molar-refractivity contribution in [3.8, 4) is 0 Å². The Labute approximate surface area is 75.7 Å². The maximum absolute atomic E-state index is 3.24. The quantitative estimate of drug-likeness (QED) is 0.474. The molecule has 0 saturated carbocycles. The van der Waals surface area contributed by atoms with Crippen LogP contribution in [0.3, 0.4) is 0 Å². The molecule has 0 saturated heterocycles. The van der Waals surface area contributed by atoms with Crippen LogP contribution in [0.15, 0.2) is 30.4 Å². The molecular formula is C12H17. The molecule has 0 heterocycles. The van der Waals surface area contributed by atoms with Crippen LogP contribution >= 0.6 is 0 Å². The van der Waals surface area contributed by atoms with Gasteiger partial charge < -0.3 is 0 Å². The molecule has 0 N–H and O–H groups in total. The molecule has 0 aliphatic heterocycles. The highest BCUT2D eigenvalue weighted by atomic mass is 13.9. The Morgan fingerprint density at radius 2 is 1.58 bits per heavy atom. The van der Waals surface area contributed by atoms with Gasteiger partial charge >= 0.3 is 0 Å². The fraction of sp³-hybridized carbons (Fsp3) is 0.500. The van der Waals surface area contributed by atoms with Crippen LogP contribution in [0.25, 0.3) is 0 Å². The number of hydrogen-bond donors (Lipinski definition) is 0. The molecule has 0 aromatic heterocycles. The Morgan fingerprint density at radius 1 is 0.833 bits per heavy atom. The highest BCUT2D eigenvalue weighted by Crippen LogP contribution is 2.04. The van der Waals surface area contributed by atoms with Gasteiger partial charge in [0.15, 0.2) is 0 Å². The molecule has 1 radical (unpaired) electrons. The summed E-state index contributed by atoms with van der Waals surface area (Å²) in [6.45, 7) is 0. The molecule has 0 amide bonds. The van der Waals surface area contributed by atoms with Crippen molar-refractivity contribution in [1.82, 2.24) is 0 Å². The SMILES string of the molecule is [C]1=CCC=CCCCCC=CC1. The first-order valence-electron chi connectivity index (χ1n) is 4.85. The Kier molecular flexibility index (Phi) is 5.35. The van der Waals surface area contributed by atoms with Gasteiger partial charge in [-0.15, -0.1) is 0 Å². The first-order chi connectivity index (χ1) is 6.00. The molecule has 0 spiro atoms. The standard InChI is InChI=1S/C12H17/c1-2-4-6-8-10-12-11-9-7-5-3-1/h1-2,5,11-12H,3-4,6,8-10H2. The van der Waals surface area contributed by atoms with Gasteiger partial charge in [-0.2, -0.15) is 0 Å². The predicted molar refractivity (Wildman–Crippen MR) is 53.8 cm³/mol. The zero-order chi connectivity index (χ0) is 8.49. The van der Waals surface area contributed by atoms with Crippen LogP contribution in [-0.4, -0.2) is 0 Å². The Balaban J connectivity index is 2.31. The maximum atomic E-state index is 3.24. The smallest absolute Gasteiger partial charge is 0.00978 e. The van der Waals surface area contributed by atoms with Crippen molar-refractivity contribution >= 4 is 0 Å². The minimum absolute atomic E-state index is 0.980. The lowest BCUT2D eigenvalue weighted by atomic mass is 10.1. The average molecular weight is 161 g/mol. The molecular weight excluding hydrogens is 144 g/mol. The summed E-state index contributed by atoms with van der Waals surface area (Å²) in [5, 5.41) is 0. The maximum Gasteiger partial charge on any atom is -0.00978 e. The fourth-order valence-corrected chi connectivity index (χ4v) is 1.24. The van der Waals surface area contributed by atoms with E-state index in [0.717, 1.165) is 12.8 Å². The van der Waals surface area contributed by atoms with Crippen molar-refractivity contribution in [2.45, 2.75) is 38.5 Å². The van der Waals surface area contributed by atoms with Gasteiger partial charge in [-0.05, 0) is 44.6 Å². The van der Waals surface area contributed by atoms with E-state index in [1.165, 1.54) is 25.7 Å². The summed E-state index contributed by atoms with van der Waals surface area (Å²) >= 11 is 0. The normalized spacial score (nSPS) is 20.0. The topological polar surface area (TPSA) is 0 Å². The number of rotatable bonds is 0. The Bertz CT molecular complexity index is 152. The first-order valence-corrected chi connectivity index (χ1v) is 4.85. The fourth-order valence-electron chi connectivity index (χ4n) is 1.24. The van der Waals surface area contributed by atoms with Crippen LogP contribution in [0.4, 0.5) is 0 Å². The largest absolute Gasteiger partial charge is 0.0882 e. The molecule has 0 unspecified atom stereocenters. The van der Waals surface area contributed by atoms with E-state index < -0.39 is 0 Å². The summed E-state index contributed by atoms with van der Waals surface area (Å²) in [7, 11) is 0. The first kappa shape index (κ1) is 9.31. The van der Waals surface area contributed by atoms with Crippen molar-refractivity contribution < 1.29 is 0 Å². The van der Waals surface area contributed by atoms with E-state index in [2.05, 4.69) is 36.5 Å². The second kappa shape index (κ2) is 6.90. The lowest BCUT2D eigenvalue weighted by molar-refractivity contribution is 0.760. The van der Waals surface area contributed by atoms with E-state index in [9.17, 15) is 0 Å².